The summed E-state index contributed by atoms with van der Waals surface area (Å²) < 4.78 is 15.2. The number of benzene rings is 1. The van der Waals surface area contributed by atoms with E-state index in [1.807, 2.05) is 20.8 Å². The average Bonchev–Trinajstić information content (AvgIpc) is 2.25. The molecular formula is C13H20N2O2S. The Bertz CT molecular complexity index is 464. The number of carbonyl (C=O) groups excluding carboxylic acids is 1. The first kappa shape index (κ1) is 14.9. The summed E-state index contributed by atoms with van der Waals surface area (Å²) in [6.07, 6.45) is 0. The third-order valence-corrected chi connectivity index (χ3v) is 3.68. The molecule has 0 fully saturated rings. The first-order chi connectivity index (χ1) is 8.22. The molecule has 0 aliphatic heterocycles. The van der Waals surface area contributed by atoms with Gasteiger partial charge in [0.25, 0.3) is 5.91 Å². The maximum Gasteiger partial charge on any atom is 0.254 e. The Labute approximate surface area is 111 Å². The van der Waals surface area contributed by atoms with Crippen molar-refractivity contribution in [1.82, 2.24) is 9.62 Å². The lowest BCUT2D eigenvalue weighted by molar-refractivity contribution is 0.0824. The molecule has 1 N–H and O–H groups in total. The van der Waals surface area contributed by atoms with Crippen molar-refractivity contribution in [3.63, 3.8) is 0 Å². The largest absolute Gasteiger partial charge is 0.345 e. The summed E-state index contributed by atoms with van der Waals surface area (Å²) in [6, 6.07) is 6.96. The van der Waals surface area contributed by atoms with Crippen molar-refractivity contribution < 1.29 is 9.00 Å². The number of nitrogens with one attached hydrogen (secondary N) is 1. The van der Waals surface area contributed by atoms with Gasteiger partial charge in [-0.2, -0.15) is 0 Å². The molecule has 1 unspecified atom stereocenters. The molecule has 1 atom stereocenters. The molecule has 18 heavy (non-hydrogen) atoms. The van der Waals surface area contributed by atoms with Crippen LogP contribution in [0.2, 0.25) is 0 Å². The van der Waals surface area contributed by atoms with Crippen molar-refractivity contribution >= 4 is 16.9 Å². The molecule has 5 heteroatoms. The standard InChI is InChI=1S/C13H20N2O2S/c1-13(2,3)14-18(17)11-9-7-6-8-10(11)12(16)15(4)5/h6-9,14H,1-5H3. The molecule has 0 radical (unpaired) electrons. The van der Waals surface area contributed by atoms with Crippen LogP contribution in [-0.2, 0) is 11.0 Å². The quantitative estimate of drug-likeness (QED) is 0.908. The molecule has 1 aromatic rings. The van der Waals surface area contributed by atoms with Crippen LogP contribution in [0, 0.1) is 0 Å². The molecule has 0 aliphatic rings. The minimum absolute atomic E-state index is 0.144. The second kappa shape index (κ2) is 5.63. The van der Waals surface area contributed by atoms with Gasteiger partial charge in [0.1, 0.15) is 11.0 Å². The maximum absolute atomic E-state index is 12.2. The third-order valence-electron chi connectivity index (χ3n) is 2.12. The van der Waals surface area contributed by atoms with Crippen molar-refractivity contribution in [3.05, 3.63) is 29.8 Å². The molecule has 100 valence electrons. The van der Waals surface area contributed by atoms with Gasteiger partial charge in [0, 0.05) is 19.6 Å². The molecule has 0 spiro atoms. The average molecular weight is 268 g/mol. The van der Waals surface area contributed by atoms with E-state index in [1.54, 1.807) is 38.4 Å². The molecule has 0 aliphatic carbocycles. The normalized spacial score (nSPS) is 13.2. The molecule has 1 aromatic carbocycles. The zero-order valence-electron chi connectivity index (χ0n) is 11.5. The fourth-order valence-electron chi connectivity index (χ4n) is 1.38. The lowest BCUT2D eigenvalue weighted by Gasteiger charge is -2.21. The van der Waals surface area contributed by atoms with E-state index >= 15 is 0 Å². The number of carbonyl (C=O) groups is 1. The molecule has 0 saturated carbocycles. The summed E-state index contributed by atoms with van der Waals surface area (Å²) >= 11 is 0. The second-order valence-electron chi connectivity index (χ2n) is 5.32. The first-order valence-corrected chi connectivity index (χ1v) is 6.87. The molecule has 1 rings (SSSR count). The van der Waals surface area contributed by atoms with Gasteiger partial charge in [-0.1, -0.05) is 12.1 Å². The lowest BCUT2D eigenvalue weighted by Crippen LogP contribution is -2.37. The number of rotatable bonds is 3. The van der Waals surface area contributed by atoms with Crippen LogP contribution in [0.25, 0.3) is 0 Å². The van der Waals surface area contributed by atoms with Crippen LogP contribution in [0.1, 0.15) is 31.1 Å². The molecule has 4 nitrogen and oxygen atoms in total. The van der Waals surface area contributed by atoms with Gasteiger partial charge in [0.15, 0.2) is 0 Å². The van der Waals surface area contributed by atoms with Gasteiger partial charge in [-0.15, -0.1) is 0 Å². The highest BCUT2D eigenvalue weighted by molar-refractivity contribution is 7.83. The van der Waals surface area contributed by atoms with Crippen molar-refractivity contribution in [3.8, 4) is 0 Å². The van der Waals surface area contributed by atoms with Gasteiger partial charge in [0.05, 0.1) is 10.5 Å². The van der Waals surface area contributed by atoms with E-state index in [0.29, 0.717) is 10.5 Å². The van der Waals surface area contributed by atoms with Crippen molar-refractivity contribution in [2.75, 3.05) is 14.1 Å². The van der Waals surface area contributed by atoms with Crippen LogP contribution in [-0.4, -0.2) is 34.7 Å². The number of amides is 1. The second-order valence-corrected chi connectivity index (χ2v) is 6.50. The minimum atomic E-state index is -1.40. The van der Waals surface area contributed by atoms with Gasteiger partial charge < -0.3 is 4.90 Å². The third kappa shape index (κ3) is 3.92. The highest BCUT2D eigenvalue weighted by Crippen LogP contribution is 2.16. The SMILES string of the molecule is CN(C)C(=O)c1ccccc1S(=O)NC(C)(C)C. The highest BCUT2D eigenvalue weighted by atomic mass is 32.2. The highest BCUT2D eigenvalue weighted by Gasteiger charge is 2.20. The van der Waals surface area contributed by atoms with Crippen LogP contribution in [0.15, 0.2) is 29.2 Å². The number of hydrogen-bond donors (Lipinski definition) is 1. The Morgan fingerprint density at radius 1 is 1.22 bits per heavy atom. The van der Waals surface area contributed by atoms with Gasteiger partial charge in [-0.05, 0) is 32.9 Å². The molecule has 0 bridgehead atoms. The predicted molar refractivity (Wildman–Crippen MR) is 73.8 cm³/mol. The van der Waals surface area contributed by atoms with Crippen LogP contribution in [0.5, 0.6) is 0 Å². The minimum Gasteiger partial charge on any atom is -0.345 e. The zero-order valence-corrected chi connectivity index (χ0v) is 12.3. The van der Waals surface area contributed by atoms with E-state index in [9.17, 15) is 9.00 Å². The lowest BCUT2D eigenvalue weighted by atomic mass is 10.1. The fourth-order valence-corrected chi connectivity index (χ4v) is 2.60. The predicted octanol–water partition coefficient (Wildman–Crippen LogP) is 1.80. The van der Waals surface area contributed by atoms with E-state index in [-0.39, 0.29) is 11.4 Å². The fraction of sp³-hybridized carbons (Fsp3) is 0.462. The Kier molecular flexibility index (Phi) is 4.65. The summed E-state index contributed by atoms with van der Waals surface area (Å²) in [6.45, 7) is 5.80. The van der Waals surface area contributed by atoms with Crippen molar-refractivity contribution in [2.24, 2.45) is 0 Å². The van der Waals surface area contributed by atoms with Gasteiger partial charge in [0.2, 0.25) is 0 Å². The Morgan fingerprint density at radius 2 is 1.78 bits per heavy atom. The van der Waals surface area contributed by atoms with E-state index < -0.39 is 11.0 Å². The Balaban J connectivity index is 3.10. The summed E-state index contributed by atoms with van der Waals surface area (Å²) in [4.78, 5) is 14.0. The topological polar surface area (TPSA) is 49.4 Å². The van der Waals surface area contributed by atoms with Crippen LogP contribution >= 0.6 is 0 Å². The van der Waals surface area contributed by atoms with E-state index in [0.717, 1.165) is 0 Å². The summed E-state index contributed by atoms with van der Waals surface area (Å²) in [5.41, 5.74) is 0.191. The van der Waals surface area contributed by atoms with Gasteiger partial charge in [-0.25, -0.2) is 8.93 Å². The van der Waals surface area contributed by atoms with Crippen LogP contribution in [0.4, 0.5) is 0 Å². The molecule has 0 aromatic heterocycles. The summed E-state index contributed by atoms with van der Waals surface area (Å²) in [5.74, 6) is -0.144. The van der Waals surface area contributed by atoms with Crippen LogP contribution < -0.4 is 4.72 Å². The zero-order chi connectivity index (χ0) is 13.9. The number of nitrogens with zero attached hydrogens (tertiary/aromatic N) is 1. The Hall–Kier alpha value is -1.20. The van der Waals surface area contributed by atoms with Crippen molar-refractivity contribution in [1.29, 1.82) is 0 Å². The Morgan fingerprint density at radius 3 is 2.28 bits per heavy atom. The van der Waals surface area contributed by atoms with E-state index in [2.05, 4.69) is 4.72 Å². The summed E-state index contributed by atoms with van der Waals surface area (Å²) in [5, 5.41) is 0. The van der Waals surface area contributed by atoms with E-state index in [4.69, 9.17) is 0 Å². The maximum atomic E-state index is 12.2. The first-order valence-electron chi connectivity index (χ1n) is 5.72. The molecule has 0 saturated heterocycles. The number of hydrogen-bond acceptors (Lipinski definition) is 2. The molecule has 1 amide bonds. The summed E-state index contributed by atoms with van der Waals surface area (Å²) in [7, 11) is 1.96. The smallest absolute Gasteiger partial charge is 0.254 e. The van der Waals surface area contributed by atoms with E-state index in [1.165, 1.54) is 4.90 Å². The molecule has 0 heterocycles. The van der Waals surface area contributed by atoms with Crippen molar-refractivity contribution in [2.45, 2.75) is 31.2 Å². The molecular weight excluding hydrogens is 248 g/mol. The van der Waals surface area contributed by atoms with Gasteiger partial charge in [-0.3, -0.25) is 4.79 Å². The van der Waals surface area contributed by atoms with Crippen LogP contribution in [0.3, 0.4) is 0 Å². The van der Waals surface area contributed by atoms with Gasteiger partial charge >= 0.3 is 0 Å². The monoisotopic (exact) mass is 268 g/mol.